The molecule has 1 aliphatic heterocycles. The monoisotopic (exact) mass is 272 g/mol. The molecule has 2 heterocycles. The number of aromatic hydroxyl groups is 1. The molecule has 0 aliphatic carbocycles. The zero-order valence-corrected chi connectivity index (χ0v) is 11.2. The Balaban J connectivity index is 2.13. The maximum atomic E-state index is 12.0. The average molecular weight is 272 g/mol. The number of phenolic OH excluding ortho intramolecular Hbond substituents is 1. The lowest BCUT2D eigenvalue weighted by Crippen LogP contribution is -2.26. The summed E-state index contributed by atoms with van der Waals surface area (Å²) in [6.45, 7) is 0. The molecule has 5 heteroatoms. The molecule has 0 radical (unpaired) electrons. The molecule has 0 spiro atoms. The second-order valence-electron chi connectivity index (χ2n) is 4.89. The van der Waals surface area contributed by atoms with Gasteiger partial charge in [0.1, 0.15) is 17.6 Å². The van der Waals surface area contributed by atoms with E-state index in [2.05, 4.69) is 4.98 Å². The standard InChI is InChI=1S/C15H16N2O3/c1-20-15(19)12-7-4-5-10-9-16-14(17(10)12)11-6-2-3-8-13(11)18/h2-3,6,8-9,12,18H,4-5,7H2,1H3. The number of hydrogen-bond acceptors (Lipinski definition) is 4. The van der Waals surface area contributed by atoms with Crippen molar-refractivity contribution in [2.24, 2.45) is 0 Å². The Morgan fingerprint density at radius 3 is 3.00 bits per heavy atom. The topological polar surface area (TPSA) is 64.3 Å². The highest BCUT2D eigenvalue weighted by Crippen LogP contribution is 2.35. The largest absolute Gasteiger partial charge is 0.507 e. The second-order valence-corrected chi connectivity index (χ2v) is 4.89. The number of carbonyl (C=O) groups excluding carboxylic acids is 1. The van der Waals surface area contributed by atoms with E-state index in [0.717, 1.165) is 25.0 Å². The van der Waals surface area contributed by atoms with Crippen LogP contribution in [0.3, 0.4) is 0 Å². The number of imidazole rings is 1. The Hall–Kier alpha value is -2.30. The highest BCUT2D eigenvalue weighted by molar-refractivity contribution is 5.76. The number of phenols is 1. The quantitative estimate of drug-likeness (QED) is 0.852. The van der Waals surface area contributed by atoms with E-state index in [0.29, 0.717) is 11.4 Å². The van der Waals surface area contributed by atoms with Gasteiger partial charge in [0, 0.05) is 11.9 Å². The molecule has 20 heavy (non-hydrogen) atoms. The van der Waals surface area contributed by atoms with Crippen LogP contribution >= 0.6 is 0 Å². The summed E-state index contributed by atoms with van der Waals surface area (Å²) < 4.78 is 6.78. The molecule has 0 saturated carbocycles. The number of rotatable bonds is 2. The molecule has 0 fully saturated rings. The minimum absolute atomic E-state index is 0.162. The van der Waals surface area contributed by atoms with Gasteiger partial charge in [-0.15, -0.1) is 0 Å². The molecule has 1 aromatic carbocycles. The Morgan fingerprint density at radius 1 is 1.45 bits per heavy atom. The summed E-state index contributed by atoms with van der Waals surface area (Å²) in [5.74, 6) is 0.518. The number of benzene rings is 1. The van der Waals surface area contributed by atoms with Gasteiger partial charge in [0.05, 0.1) is 12.7 Å². The molecule has 1 N–H and O–H groups in total. The first-order valence-electron chi connectivity index (χ1n) is 6.64. The molecule has 3 rings (SSSR count). The molecule has 1 aromatic heterocycles. The molecule has 1 aliphatic rings. The van der Waals surface area contributed by atoms with E-state index >= 15 is 0 Å². The van der Waals surface area contributed by atoms with E-state index in [1.807, 2.05) is 10.6 Å². The Morgan fingerprint density at radius 2 is 2.25 bits per heavy atom. The molecular weight excluding hydrogens is 256 g/mol. The first-order valence-corrected chi connectivity index (χ1v) is 6.64. The predicted molar refractivity (Wildman–Crippen MR) is 73.3 cm³/mol. The zero-order valence-electron chi connectivity index (χ0n) is 11.2. The lowest BCUT2D eigenvalue weighted by molar-refractivity contribution is -0.145. The van der Waals surface area contributed by atoms with Crippen LogP contribution in [0.5, 0.6) is 5.75 Å². The van der Waals surface area contributed by atoms with Crippen LogP contribution in [0.25, 0.3) is 11.4 Å². The number of methoxy groups -OCH3 is 1. The average Bonchev–Trinajstić information content (AvgIpc) is 2.91. The third kappa shape index (κ3) is 1.95. The summed E-state index contributed by atoms with van der Waals surface area (Å²) in [7, 11) is 1.40. The fraction of sp³-hybridized carbons (Fsp3) is 0.333. The number of carbonyl (C=O) groups is 1. The SMILES string of the molecule is COC(=O)C1CCCc2cnc(-c3ccccc3O)n21. The Labute approximate surface area is 116 Å². The van der Waals surface area contributed by atoms with Gasteiger partial charge >= 0.3 is 5.97 Å². The minimum Gasteiger partial charge on any atom is -0.507 e. The fourth-order valence-electron chi connectivity index (χ4n) is 2.76. The normalized spacial score (nSPS) is 17.6. The highest BCUT2D eigenvalue weighted by atomic mass is 16.5. The predicted octanol–water partition coefficient (Wildman–Crippen LogP) is 2.31. The minimum atomic E-state index is -0.360. The van der Waals surface area contributed by atoms with Crippen LogP contribution < -0.4 is 0 Å². The third-order valence-corrected chi connectivity index (χ3v) is 3.71. The van der Waals surface area contributed by atoms with Crippen molar-refractivity contribution in [3.8, 4) is 17.1 Å². The van der Waals surface area contributed by atoms with Crippen LogP contribution in [-0.2, 0) is 16.0 Å². The van der Waals surface area contributed by atoms with Crippen LogP contribution in [0.15, 0.2) is 30.5 Å². The summed E-state index contributed by atoms with van der Waals surface area (Å²) in [4.78, 5) is 16.4. The van der Waals surface area contributed by atoms with E-state index in [-0.39, 0.29) is 17.8 Å². The zero-order chi connectivity index (χ0) is 14.1. The number of fused-ring (bicyclic) bond motifs is 1. The number of ether oxygens (including phenoxy) is 1. The highest BCUT2D eigenvalue weighted by Gasteiger charge is 2.30. The van der Waals surface area contributed by atoms with Gasteiger partial charge in [0.15, 0.2) is 0 Å². The van der Waals surface area contributed by atoms with Crippen molar-refractivity contribution in [3.05, 3.63) is 36.2 Å². The first kappa shape index (κ1) is 12.7. The van der Waals surface area contributed by atoms with Crippen molar-refractivity contribution in [1.29, 1.82) is 0 Å². The van der Waals surface area contributed by atoms with E-state index < -0.39 is 0 Å². The van der Waals surface area contributed by atoms with Gasteiger partial charge in [-0.25, -0.2) is 9.78 Å². The van der Waals surface area contributed by atoms with Crippen LogP contribution in [0, 0.1) is 0 Å². The first-order chi connectivity index (χ1) is 9.72. The summed E-state index contributed by atoms with van der Waals surface area (Å²) in [6, 6.07) is 6.66. The molecule has 104 valence electrons. The fourth-order valence-corrected chi connectivity index (χ4v) is 2.76. The van der Waals surface area contributed by atoms with Gasteiger partial charge in [-0.1, -0.05) is 12.1 Å². The number of para-hydroxylation sites is 1. The van der Waals surface area contributed by atoms with Crippen molar-refractivity contribution in [3.63, 3.8) is 0 Å². The number of hydrogen-bond donors (Lipinski definition) is 1. The number of aryl methyl sites for hydroxylation is 1. The van der Waals surface area contributed by atoms with Gasteiger partial charge in [-0.2, -0.15) is 0 Å². The molecule has 5 nitrogen and oxygen atoms in total. The van der Waals surface area contributed by atoms with Crippen molar-refractivity contribution in [2.45, 2.75) is 25.3 Å². The maximum Gasteiger partial charge on any atom is 0.328 e. The van der Waals surface area contributed by atoms with Gasteiger partial charge in [-0.05, 0) is 31.4 Å². The van der Waals surface area contributed by atoms with E-state index in [9.17, 15) is 9.90 Å². The molecule has 1 atom stereocenters. The Kier molecular flexibility index (Phi) is 3.18. The smallest absolute Gasteiger partial charge is 0.328 e. The van der Waals surface area contributed by atoms with Crippen molar-refractivity contribution in [2.75, 3.05) is 7.11 Å². The number of aromatic nitrogens is 2. The molecule has 0 amide bonds. The molecule has 0 saturated heterocycles. The third-order valence-electron chi connectivity index (χ3n) is 3.71. The van der Waals surface area contributed by atoms with Crippen molar-refractivity contribution in [1.82, 2.24) is 9.55 Å². The van der Waals surface area contributed by atoms with Gasteiger partial charge in [0.2, 0.25) is 0 Å². The van der Waals surface area contributed by atoms with Crippen LogP contribution in [-0.4, -0.2) is 27.7 Å². The number of esters is 1. The summed E-state index contributed by atoms with van der Waals surface area (Å²) in [5.41, 5.74) is 1.64. The van der Waals surface area contributed by atoms with Crippen LogP contribution in [0.2, 0.25) is 0 Å². The lowest BCUT2D eigenvalue weighted by atomic mass is 10.0. The molecule has 0 bridgehead atoms. The van der Waals surface area contributed by atoms with E-state index in [1.165, 1.54) is 7.11 Å². The second kappa shape index (κ2) is 5.00. The van der Waals surface area contributed by atoms with E-state index in [4.69, 9.17) is 4.74 Å². The van der Waals surface area contributed by atoms with Crippen LogP contribution in [0.4, 0.5) is 0 Å². The molecule has 1 unspecified atom stereocenters. The van der Waals surface area contributed by atoms with Crippen LogP contribution in [0.1, 0.15) is 24.6 Å². The maximum absolute atomic E-state index is 12.0. The van der Waals surface area contributed by atoms with Crippen molar-refractivity contribution >= 4 is 5.97 Å². The molecular formula is C15H16N2O3. The summed E-state index contributed by atoms with van der Waals surface area (Å²) in [6.07, 6.45) is 4.33. The van der Waals surface area contributed by atoms with E-state index in [1.54, 1.807) is 24.4 Å². The number of nitrogens with zero attached hydrogens (tertiary/aromatic N) is 2. The summed E-state index contributed by atoms with van der Waals surface area (Å²) >= 11 is 0. The molecule has 2 aromatic rings. The van der Waals surface area contributed by atoms with Gasteiger partial charge < -0.3 is 14.4 Å². The van der Waals surface area contributed by atoms with Gasteiger partial charge in [-0.3, -0.25) is 0 Å². The van der Waals surface area contributed by atoms with Crippen molar-refractivity contribution < 1.29 is 14.6 Å². The Bertz CT molecular complexity index is 648. The lowest BCUT2D eigenvalue weighted by Gasteiger charge is -2.25. The van der Waals surface area contributed by atoms with Gasteiger partial charge in [0.25, 0.3) is 0 Å². The summed E-state index contributed by atoms with van der Waals surface area (Å²) in [5, 5.41) is 10.00.